The second kappa shape index (κ2) is 6.93. The largest absolute Gasteiger partial charge is 0.340 e. The average Bonchev–Trinajstić information content (AvgIpc) is 3.09. The molecule has 2 aromatic carbocycles. The Labute approximate surface area is 151 Å². The summed E-state index contributed by atoms with van der Waals surface area (Å²) in [7, 11) is 4.13. The van der Waals surface area contributed by atoms with E-state index in [4.69, 9.17) is 0 Å². The first-order chi connectivity index (χ1) is 12.7. The zero-order valence-electron chi connectivity index (χ0n) is 14.8. The van der Waals surface area contributed by atoms with Crippen molar-refractivity contribution >= 4 is 22.4 Å². The lowest BCUT2D eigenvalue weighted by Gasteiger charge is -2.11. The Morgan fingerprint density at radius 1 is 1.04 bits per heavy atom. The van der Waals surface area contributed by atoms with Crippen LogP contribution in [0.5, 0.6) is 0 Å². The zero-order chi connectivity index (χ0) is 17.9. The molecule has 0 aliphatic rings. The molecule has 26 heavy (non-hydrogen) atoms. The molecule has 6 nitrogen and oxygen atoms in total. The fourth-order valence-electron chi connectivity index (χ4n) is 2.95. The molecule has 2 N–H and O–H groups in total. The summed E-state index contributed by atoms with van der Waals surface area (Å²) in [6.45, 7) is 0.898. The molecule has 2 heterocycles. The minimum absolute atomic E-state index is 0.760. The van der Waals surface area contributed by atoms with Crippen LogP contribution in [0.1, 0.15) is 5.56 Å². The van der Waals surface area contributed by atoms with Gasteiger partial charge in [0.2, 0.25) is 0 Å². The minimum Gasteiger partial charge on any atom is -0.340 e. The molecule has 0 saturated carbocycles. The second-order valence-corrected chi connectivity index (χ2v) is 6.52. The molecule has 0 radical (unpaired) electrons. The number of hydrogen-bond donors (Lipinski definition) is 2. The first-order valence-corrected chi connectivity index (χ1v) is 8.44. The first kappa shape index (κ1) is 16.2. The van der Waals surface area contributed by atoms with Crippen molar-refractivity contribution in [2.24, 2.45) is 0 Å². The molecule has 4 aromatic rings. The number of rotatable bonds is 5. The van der Waals surface area contributed by atoms with Gasteiger partial charge in [0, 0.05) is 29.2 Å². The van der Waals surface area contributed by atoms with Crippen LogP contribution in [-0.4, -0.2) is 39.2 Å². The molecule has 0 atom stereocenters. The molecule has 0 aliphatic heterocycles. The molecule has 130 valence electrons. The third kappa shape index (κ3) is 3.55. The molecular weight excluding hydrogens is 324 g/mol. The Hall–Kier alpha value is -3.25. The van der Waals surface area contributed by atoms with Gasteiger partial charge in [0.1, 0.15) is 12.1 Å². The van der Waals surface area contributed by atoms with Crippen LogP contribution in [-0.2, 0) is 6.54 Å². The summed E-state index contributed by atoms with van der Waals surface area (Å²) in [6, 6.07) is 16.4. The standard InChI is InChI=1S/C20H20N6/c1-26(2)12-14-4-3-5-15(8-14)19-10-20(22-13-21-19)24-17-6-7-18-16(9-17)11-23-25-18/h3-11,13H,12H2,1-2H3,(H,23,25)(H,21,22,24). The molecule has 0 aliphatic carbocycles. The Balaban J connectivity index is 1.60. The maximum Gasteiger partial charge on any atom is 0.134 e. The van der Waals surface area contributed by atoms with E-state index in [2.05, 4.69) is 68.7 Å². The van der Waals surface area contributed by atoms with Gasteiger partial charge in [-0.2, -0.15) is 5.10 Å². The molecule has 4 rings (SSSR count). The number of nitrogens with zero attached hydrogens (tertiary/aromatic N) is 4. The highest BCUT2D eigenvalue weighted by Gasteiger charge is 2.05. The van der Waals surface area contributed by atoms with Gasteiger partial charge >= 0.3 is 0 Å². The van der Waals surface area contributed by atoms with Crippen molar-refractivity contribution in [3.63, 3.8) is 0 Å². The number of aromatic nitrogens is 4. The van der Waals surface area contributed by atoms with Crippen molar-refractivity contribution in [3.8, 4) is 11.3 Å². The zero-order valence-corrected chi connectivity index (χ0v) is 14.8. The quantitative estimate of drug-likeness (QED) is 0.576. The Kier molecular flexibility index (Phi) is 4.33. The van der Waals surface area contributed by atoms with E-state index in [0.717, 1.165) is 40.2 Å². The molecule has 0 bridgehead atoms. The number of benzene rings is 2. The van der Waals surface area contributed by atoms with Crippen molar-refractivity contribution in [1.82, 2.24) is 25.1 Å². The van der Waals surface area contributed by atoms with Crippen molar-refractivity contribution in [2.45, 2.75) is 6.54 Å². The highest BCUT2D eigenvalue weighted by molar-refractivity contribution is 5.82. The van der Waals surface area contributed by atoms with Gasteiger partial charge in [0.05, 0.1) is 17.4 Å². The smallest absolute Gasteiger partial charge is 0.134 e. The number of aromatic amines is 1. The number of nitrogens with one attached hydrogen (secondary N) is 2. The van der Waals surface area contributed by atoms with Gasteiger partial charge in [0.25, 0.3) is 0 Å². The fourth-order valence-corrected chi connectivity index (χ4v) is 2.95. The summed E-state index contributed by atoms with van der Waals surface area (Å²) >= 11 is 0. The molecule has 0 unspecified atom stereocenters. The van der Waals surface area contributed by atoms with Crippen molar-refractivity contribution < 1.29 is 0 Å². The van der Waals surface area contributed by atoms with Crippen LogP contribution < -0.4 is 5.32 Å². The summed E-state index contributed by atoms with van der Waals surface area (Å²) in [5.41, 5.74) is 5.21. The summed E-state index contributed by atoms with van der Waals surface area (Å²) < 4.78 is 0. The number of H-pyrrole nitrogens is 1. The number of fused-ring (bicyclic) bond motifs is 1. The topological polar surface area (TPSA) is 69.7 Å². The van der Waals surface area contributed by atoms with E-state index in [1.165, 1.54) is 5.56 Å². The van der Waals surface area contributed by atoms with E-state index in [1.807, 2.05) is 30.5 Å². The van der Waals surface area contributed by atoms with Gasteiger partial charge in [-0.25, -0.2) is 9.97 Å². The van der Waals surface area contributed by atoms with Crippen LogP contribution in [0.3, 0.4) is 0 Å². The van der Waals surface area contributed by atoms with E-state index in [9.17, 15) is 0 Å². The molecule has 0 saturated heterocycles. The number of hydrogen-bond acceptors (Lipinski definition) is 5. The molecule has 0 fully saturated rings. The normalized spacial score (nSPS) is 11.2. The summed E-state index contributed by atoms with van der Waals surface area (Å²) in [5.74, 6) is 0.760. The van der Waals surface area contributed by atoms with E-state index < -0.39 is 0 Å². The Morgan fingerprint density at radius 3 is 2.85 bits per heavy atom. The molecule has 0 spiro atoms. The highest BCUT2D eigenvalue weighted by atomic mass is 15.1. The van der Waals surface area contributed by atoms with Crippen LogP contribution in [0.2, 0.25) is 0 Å². The van der Waals surface area contributed by atoms with Gasteiger partial charge in [-0.05, 0) is 43.9 Å². The molecule has 0 amide bonds. The van der Waals surface area contributed by atoms with Crippen molar-refractivity contribution in [3.05, 3.63) is 66.6 Å². The van der Waals surface area contributed by atoms with Crippen molar-refractivity contribution in [1.29, 1.82) is 0 Å². The monoisotopic (exact) mass is 344 g/mol. The Morgan fingerprint density at radius 2 is 1.96 bits per heavy atom. The van der Waals surface area contributed by atoms with Crippen LogP contribution in [0.4, 0.5) is 11.5 Å². The average molecular weight is 344 g/mol. The summed E-state index contributed by atoms with van der Waals surface area (Å²) in [4.78, 5) is 10.9. The predicted molar refractivity (Wildman–Crippen MR) is 104 cm³/mol. The van der Waals surface area contributed by atoms with Crippen LogP contribution in [0.25, 0.3) is 22.2 Å². The van der Waals surface area contributed by atoms with Gasteiger partial charge < -0.3 is 10.2 Å². The third-order valence-electron chi connectivity index (χ3n) is 4.10. The molecule has 2 aromatic heterocycles. The van der Waals surface area contributed by atoms with E-state index in [0.29, 0.717) is 0 Å². The SMILES string of the molecule is CN(C)Cc1cccc(-c2cc(Nc3ccc4[nH]ncc4c3)ncn2)c1. The van der Waals surface area contributed by atoms with Crippen LogP contribution >= 0.6 is 0 Å². The van der Waals surface area contributed by atoms with Crippen LogP contribution in [0, 0.1) is 0 Å². The lowest BCUT2D eigenvalue weighted by atomic mass is 10.1. The van der Waals surface area contributed by atoms with E-state index in [1.54, 1.807) is 6.33 Å². The lowest BCUT2D eigenvalue weighted by Crippen LogP contribution is -2.10. The van der Waals surface area contributed by atoms with Crippen LogP contribution in [0.15, 0.2) is 61.1 Å². The molecular formula is C20H20N6. The third-order valence-corrected chi connectivity index (χ3v) is 4.10. The fraction of sp³-hybridized carbons (Fsp3) is 0.150. The second-order valence-electron chi connectivity index (χ2n) is 6.52. The summed E-state index contributed by atoms with van der Waals surface area (Å²) in [6.07, 6.45) is 3.40. The van der Waals surface area contributed by atoms with Crippen molar-refractivity contribution in [2.75, 3.05) is 19.4 Å². The summed E-state index contributed by atoms with van der Waals surface area (Å²) in [5, 5.41) is 11.4. The molecule has 6 heteroatoms. The van der Waals surface area contributed by atoms with E-state index >= 15 is 0 Å². The maximum atomic E-state index is 4.43. The first-order valence-electron chi connectivity index (χ1n) is 8.44. The predicted octanol–water partition coefficient (Wildman–Crippen LogP) is 3.83. The van der Waals surface area contributed by atoms with E-state index in [-0.39, 0.29) is 0 Å². The van der Waals surface area contributed by atoms with Gasteiger partial charge in [-0.3, -0.25) is 5.10 Å². The Bertz CT molecular complexity index is 1040. The lowest BCUT2D eigenvalue weighted by molar-refractivity contribution is 0.402. The van der Waals surface area contributed by atoms with Gasteiger partial charge in [-0.15, -0.1) is 0 Å². The minimum atomic E-state index is 0.760. The number of anilines is 2. The van der Waals surface area contributed by atoms with Gasteiger partial charge in [-0.1, -0.05) is 18.2 Å². The van der Waals surface area contributed by atoms with Gasteiger partial charge in [0.15, 0.2) is 0 Å². The highest BCUT2D eigenvalue weighted by Crippen LogP contribution is 2.24. The maximum absolute atomic E-state index is 4.43.